The van der Waals surface area contributed by atoms with Crippen LogP contribution >= 0.6 is 0 Å². The summed E-state index contributed by atoms with van der Waals surface area (Å²) in [7, 11) is 0. The van der Waals surface area contributed by atoms with Crippen LogP contribution in [0.5, 0.6) is 11.5 Å². The van der Waals surface area contributed by atoms with E-state index in [2.05, 4.69) is 17.1 Å². The highest BCUT2D eigenvalue weighted by atomic mass is 16.5. The van der Waals surface area contributed by atoms with Crippen LogP contribution in [0.2, 0.25) is 0 Å². The smallest absolute Gasteiger partial charge is 0.279 e. The topological polar surface area (TPSA) is 64.5 Å². The Bertz CT molecular complexity index is 676. The van der Waals surface area contributed by atoms with Gasteiger partial charge in [0.25, 0.3) is 5.91 Å². The van der Waals surface area contributed by atoms with Gasteiger partial charge in [0.1, 0.15) is 11.5 Å². The van der Waals surface area contributed by atoms with E-state index in [1.165, 1.54) is 17.7 Å². The fourth-order valence-corrected chi connectivity index (χ4v) is 4.22. The quantitative estimate of drug-likeness (QED) is 0.686. The maximum Gasteiger partial charge on any atom is 0.279 e. The molecule has 7 nitrogen and oxygen atoms in total. The minimum absolute atomic E-state index is 0.0247. The summed E-state index contributed by atoms with van der Waals surface area (Å²) in [5.41, 5.74) is 1.67. The lowest BCUT2D eigenvalue weighted by atomic mass is 10.0. The lowest BCUT2D eigenvalue weighted by Gasteiger charge is -2.31. The third-order valence-corrected chi connectivity index (χ3v) is 5.56. The van der Waals surface area contributed by atoms with Crippen LogP contribution < -0.4 is 24.6 Å². The number of ether oxygens (including phenoxy) is 3. The van der Waals surface area contributed by atoms with Gasteiger partial charge in [-0.05, 0) is 26.7 Å². The number of hydrogen-bond acceptors (Lipinski definition) is 5. The number of likely N-dealkylation sites (tertiary alicyclic amines) is 1. The van der Waals surface area contributed by atoms with Crippen LogP contribution in [-0.2, 0) is 9.53 Å². The largest absolute Gasteiger partial charge is 0.492 e. The summed E-state index contributed by atoms with van der Waals surface area (Å²) in [6, 6.07) is 3.90. The molecule has 29 heavy (non-hydrogen) atoms. The normalized spacial score (nSPS) is 22.2. The first-order valence-electron chi connectivity index (χ1n) is 11.0. The number of anilines is 2. The summed E-state index contributed by atoms with van der Waals surface area (Å²) in [6.07, 6.45) is 2.46. The van der Waals surface area contributed by atoms with Crippen molar-refractivity contribution in [3.8, 4) is 11.5 Å². The van der Waals surface area contributed by atoms with Crippen molar-refractivity contribution >= 4 is 17.3 Å². The number of quaternary nitrogens is 1. The van der Waals surface area contributed by atoms with Gasteiger partial charge in [-0.3, -0.25) is 4.79 Å². The molecule has 2 N–H and O–H groups in total. The summed E-state index contributed by atoms with van der Waals surface area (Å²) < 4.78 is 17.3. The average Bonchev–Trinajstić information content (AvgIpc) is 2.71. The van der Waals surface area contributed by atoms with E-state index in [1.807, 2.05) is 26.0 Å². The number of nitrogens with zero attached hydrogens (tertiary/aromatic N) is 1. The molecular formula is C22H36N3O4+. The number of morpholine rings is 1. The number of amides is 1. The molecule has 0 aromatic heterocycles. The van der Waals surface area contributed by atoms with E-state index in [-0.39, 0.29) is 5.91 Å². The standard InChI is InChI=1S/C22H35N3O4/c1-4-28-20-14-19(25-9-11-27-12-10-25)21(29-5-2)13-18(20)23-22(26)16-24-8-6-7-17(3)15-24/h13-14,17H,4-12,15-16H2,1-3H3,(H,23,26)/p+1/t17-/m0/s1. The van der Waals surface area contributed by atoms with Crippen molar-refractivity contribution < 1.29 is 23.9 Å². The van der Waals surface area contributed by atoms with Crippen molar-refractivity contribution in [1.29, 1.82) is 0 Å². The molecule has 162 valence electrons. The van der Waals surface area contributed by atoms with Gasteiger partial charge < -0.3 is 29.3 Å². The van der Waals surface area contributed by atoms with Gasteiger partial charge in [0.15, 0.2) is 6.54 Å². The molecule has 7 heteroatoms. The van der Waals surface area contributed by atoms with Gasteiger partial charge >= 0.3 is 0 Å². The summed E-state index contributed by atoms with van der Waals surface area (Å²) >= 11 is 0. The SMILES string of the molecule is CCOc1cc(N2CCOCC2)c(OCC)cc1NC(=O)C[NH+]1CCC[C@H](C)C1. The first kappa shape index (κ1) is 21.7. The molecule has 0 radical (unpaired) electrons. The second-order valence-electron chi connectivity index (χ2n) is 7.96. The molecule has 2 atom stereocenters. The number of carbonyl (C=O) groups excluding carboxylic acids is 1. The molecule has 1 unspecified atom stereocenters. The fourth-order valence-electron chi connectivity index (χ4n) is 4.22. The Kier molecular flexibility index (Phi) is 8.00. The van der Waals surface area contributed by atoms with Crippen molar-refractivity contribution in [2.24, 2.45) is 5.92 Å². The van der Waals surface area contributed by atoms with Crippen molar-refractivity contribution in [3.63, 3.8) is 0 Å². The maximum atomic E-state index is 12.7. The van der Waals surface area contributed by atoms with Crippen LogP contribution in [0.25, 0.3) is 0 Å². The molecule has 2 heterocycles. The monoisotopic (exact) mass is 406 g/mol. The average molecular weight is 407 g/mol. The predicted octanol–water partition coefficient (Wildman–Crippen LogP) is 1.57. The zero-order valence-electron chi connectivity index (χ0n) is 18.1. The van der Waals surface area contributed by atoms with E-state index < -0.39 is 0 Å². The van der Waals surface area contributed by atoms with E-state index in [4.69, 9.17) is 14.2 Å². The summed E-state index contributed by atoms with van der Waals surface area (Å²) in [4.78, 5) is 16.4. The van der Waals surface area contributed by atoms with E-state index in [0.29, 0.717) is 50.3 Å². The Balaban J connectivity index is 1.78. The predicted molar refractivity (Wildman–Crippen MR) is 114 cm³/mol. The molecule has 2 aliphatic rings. The zero-order valence-corrected chi connectivity index (χ0v) is 18.1. The molecule has 0 saturated carbocycles. The summed E-state index contributed by atoms with van der Waals surface area (Å²) in [5.74, 6) is 2.17. The second kappa shape index (κ2) is 10.7. The molecule has 2 saturated heterocycles. The summed E-state index contributed by atoms with van der Waals surface area (Å²) in [5, 5.41) is 3.08. The van der Waals surface area contributed by atoms with Gasteiger partial charge in [0.2, 0.25) is 0 Å². The number of nitrogens with one attached hydrogen (secondary N) is 2. The minimum Gasteiger partial charge on any atom is -0.492 e. The highest BCUT2D eigenvalue weighted by Crippen LogP contribution is 2.39. The Morgan fingerprint density at radius 2 is 1.93 bits per heavy atom. The van der Waals surface area contributed by atoms with E-state index >= 15 is 0 Å². The Morgan fingerprint density at radius 1 is 1.21 bits per heavy atom. The lowest BCUT2D eigenvalue weighted by Crippen LogP contribution is -3.14. The highest BCUT2D eigenvalue weighted by molar-refractivity contribution is 5.94. The van der Waals surface area contributed by atoms with Crippen molar-refractivity contribution in [2.75, 3.05) is 69.4 Å². The van der Waals surface area contributed by atoms with Crippen molar-refractivity contribution in [3.05, 3.63) is 12.1 Å². The zero-order chi connectivity index (χ0) is 20.6. The molecule has 2 aliphatic heterocycles. The molecule has 3 rings (SSSR count). The molecule has 0 spiro atoms. The van der Waals surface area contributed by atoms with Gasteiger partial charge in [-0.25, -0.2) is 0 Å². The molecule has 2 fully saturated rings. The van der Waals surface area contributed by atoms with Crippen LogP contribution in [0.1, 0.15) is 33.6 Å². The summed E-state index contributed by atoms with van der Waals surface area (Å²) in [6.45, 7) is 12.9. The number of benzene rings is 1. The van der Waals surface area contributed by atoms with Crippen molar-refractivity contribution in [1.82, 2.24) is 0 Å². The van der Waals surface area contributed by atoms with Gasteiger partial charge in [-0.1, -0.05) is 6.92 Å². The van der Waals surface area contributed by atoms with Crippen molar-refractivity contribution in [2.45, 2.75) is 33.6 Å². The van der Waals surface area contributed by atoms with Crippen LogP contribution in [0.4, 0.5) is 11.4 Å². The number of carbonyl (C=O) groups is 1. The molecule has 0 bridgehead atoms. The minimum atomic E-state index is 0.0247. The van der Waals surface area contributed by atoms with E-state index in [1.54, 1.807) is 0 Å². The lowest BCUT2D eigenvalue weighted by molar-refractivity contribution is -0.900. The first-order valence-corrected chi connectivity index (χ1v) is 11.0. The number of piperidine rings is 1. The number of rotatable bonds is 8. The first-order chi connectivity index (χ1) is 14.1. The van der Waals surface area contributed by atoms with Gasteiger partial charge in [0.05, 0.1) is 50.9 Å². The molecular weight excluding hydrogens is 370 g/mol. The molecule has 1 aromatic rings. The van der Waals surface area contributed by atoms with Gasteiger partial charge in [0, 0.05) is 31.1 Å². The number of hydrogen-bond donors (Lipinski definition) is 2. The Labute approximate surface area is 174 Å². The van der Waals surface area contributed by atoms with Crippen LogP contribution in [0.3, 0.4) is 0 Å². The van der Waals surface area contributed by atoms with E-state index in [9.17, 15) is 4.79 Å². The van der Waals surface area contributed by atoms with Gasteiger partial charge in [-0.2, -0.15) is 0 Å². The van der Waals surface area contributed by atoms with E-state index in [0.717, 1.165) is 37.6 Å². The Hall–Kier alpha value is -1.99. The van der Waals surface area contributed by atoms with Crippen LogP contribution in [-0.4, -0.2) is 65.1 Å². The van der Waals surface area contributed by atoms with Crippen LogP contribution in [0, 0.1) is 5.92 Å². The highest BCUT2D eigenvalue weighted by Gasteiger charge is 2.24. The third kappa shape index (κ3) is 6.00. The Morgan fingerprint density at radius 3 is 2.62 bits per heavy atom. The van der Waals surface area contributed by atoms with Gasteiger partial charge in [-0.15, -0.1) is 0 Å². The maximum absolute atomic E-state index is 12.7. The molecule has 0 aliphatic carbocycles. The third-order valence-electron chi connectivity index (χ3n) is 5.56. The second-order valence-corrected chi connectivity index (χ2v) is 7.96. The fraction of sp³-hybridized carbons (Fsp3) is 0.682. The molecule has 1 aromatic carbocycles. The molecule has 1 amide bonds. The van der Waals surface area contributed by atoms with Crippen LogP contribution in [0.15, 0.2) is 12.1 Å².